The molecule has 1 heterocycles. The number of rotatable bonds is 8. The minimum atomic E-state index is -0.429. The second-order valence-corrected chi connectivity index (χ2v) is 5.43. The third kappa shape index (κ3) is 4.63. The highest BCUT2D eigenvalue weighted by Crippen LogP contribution is 2.23. The summed E-state index contributed by atoms with van der Waals surface area (Å²) in [6.07, 6.45) is 2.56. The summed E-state index contributed by atoms with van der Waals surface area (Å²) in [7, 11) is 0. The van der Waals surface area contributed by atoms with E-state index in [-0.39, 0.29) is 35.4 Å². The van der Waals surface area contributed by atoms with Gasteiger partial charge in [-0.3, -0.25) is 4.79 Å². The Morgan fingerprint density at radius 2 is 2.17 bits per heavy atom. The number of carbonyl (C=O) groups excluding carboxylic acids is 1. The van der Waals surface area contributed by atoms with E-state index in [4.69, 9.17) is 9.63 Å². The number of amides is 1. The predicted molar refractivity (Wildman–Crippen MR) is 84.3 cm³/mol. The monoisotopic (exact) mass is 320 g/mol. The Bertz CT molecular complexity index is 636. The zero-order valence-electron chi connectivity index (χ0n) is 13.1. The van der Waals surface area contributed by atoms with E-state index in [0.717, 1.165) is 12.8 Å². The van der Waals surface area contributed by atoms with Crippen molar-refractivity contribution in [3.05, 3.63) is 41.8 Å². The van der Waals surface area contributed by atoms with Crippen LogP contribution in [0.15, 0.2) is 34.9 Å². The maximum atomic E-state index is 13.7. The smallest absolute Gasteiger partial charge is 0.273 e. The number of aliphatic hydroxyl groups excluding tert-OH is 1. The number of halogens is 1. The van der Waals surface area contributed by atoms with Gasteiger partial charge in [-0.25, -0.2) is 4.39 Å². The Hall–Kier alpha value is -2.21. The molecule has 124 valence electrons. The highest BCUT2D eigenvalue weighted by Gasteiger charge is 2.17. The topological polar surface area (TPSA) is 75.4 Å². The molecule has 0 aliphatic carbocycles. The second kappa shape index (κ2) is 8.43. The van der Waals surface area contributed by atoms with Crippen LogP contribution in [0.25, 0.3) is 11.3 Å². The first-order valence-corrected chi connectivity index (χ1v) is 7.76. The largest absolute Gasteiger partial charge is 0.396 e. The van der Waals surface area contributed by atoms with Crippen LogP contribution in [0.1, 0.15) is 36.7 Å². The van der Waals surface area contributed by atoms with Gasteiger partial charge in [0, 0.05) is 19.2 Å². The van der Waals surface area contributed by atoms with E-state index >= 15 is 0 Å². The number of nitrogens with zero attached hydrogens (tertiary/aromatic N) is 1. The molecule has 0 bridgehead atoms. The zero-order valence-corrected chi connectivity index (χ0v) is 13.1. The fourth-order valence-corrected chi connectivity index (χ4v) is 2.44. The van der Waals surface area contributed by atoms with Gasteiger partial charge in [-0.1, -0.05) is 30.6 Å². The van der Waals surface area contributed by atoms with E-state index in [1.165, 1.54) is 12.1 Å². The molecule has 1 aromatic heterocycles. The number of aromatic nitrogens is 1. The molecular formula is C17H21FN2O3. The zero-order chi connectivity index (χ0) is 16.7. The summed E-state index contributed by atoms with van der Waals surface area (Å²) < 4.78 is 18.8. The van der Waals surface area contributed by atoms with Gasteiger partial charge in [0.2, 0.25) is 0 Å². The van der Waals surface area contributed by atoms with Gasteiger partial charge in [0.15, 0.2) is 11.5 Å². The van der Waals surface area contributed by atoms with Crippen molar-refractivity contribution >= 4 is 5.91 Å². The van der Waals surface area contributed by atoms with E-state index in [9.17, 15) is 9.18 Å². The predicted octanol–water partition coefficient (Wildman–Crippen LogP) is 3.01. The lowest BCUT2D eigenvalue weighted by atomic mass is 10.0. The van der Waals surface area contributed by atoms with Crippen LogP contribution >= 0.6 is 0 Å². The van der Waals surface area contributed by atoms with Crippen molar-refractivity contribution in [3.63, 3.8) is 0 Å². The van der Waals surface area contributed by atoms with Crippen molar-refractivity contribution in [1.29, 1.82) is 0 Å². The van der Waals surface area contributed by atoms with E-state index < -0.39 is 5.82 Å². The van der Waals surface area contributed by atoms with Crippen LogP contribution in [-0.4, -0.2) is 29.3 Å². The number of carbonyl (C=O) groups is 1. The molecule has 2 aromatic rings. The number of hydrogen-bond donors (Lipinski definition) is 2. The lowest BCUT2D eigenvalue weighted by Crippen LogP contribution is -2.30. The summed E-state index contributed by atoms with van der Waals surface area (Å²) in [5, 5.41) is 15.5. The SMILES string of the molecule is CCCC(CCO)CNC(=O)c1cc(-c2ccccc2F)on1. The van der Waals surface area contributed by atoms with E-state index in [0.29, 0.717) is 13.0 Å². The van der Waals surface area contributed by atoms with Crippen LogP contribution in [0, 0.1) is 11.7 Å². The van der Waals surface area contributed by atoms with Crippen LogP contribution in [0.5, 0.6) is 0 Å². The van der Waals surface area contributed by atoms with Crippen LogP contribution in [0.2, 0.25) is 0 Å². The molecule has 0 aliphatic rings. The van der Waals surface area contributed by atoms with Crippen molar-refractivity contribution in [2.45, 2.75) is 26.2 Å². The van der Waals surface area contributed by atoms with Gasteiger partial charge in [0.05, 0.1) is 5.56 Å². The number of hydrogen-bond acceptors (Lipinski definition) is 4. The van der Waals surface area contributed by atoms with Crippen molar-refractivity contribution in [3.8, 4) is 11.3 Å². The third-order valence-electron chi connectivity index (χ3n) is 3.67. The molecule has 1 unspecified atom stereocenters. The molecule has 0 saturated heterocycles. The molecule has 1 amide bonds. The molecule has 0 spiro atoms. The number of nitrogens with one attached hydrogen (secondary N) is 1. The van der Waals surface area contributed by atoms with Crippen LogP contribution in [0.4, 0.5) is 4.39 Å². The molecule has 0 aliphatic heterocycles. The molecular weight excluding hydrogens is 299 g/mol. The van der Waals surface area contributed by atoms with Gasteiger partial charge < -0.3 is 14.9 Å². The summed E-state index contributed by atoms with van der Waals surface area (Å²) in [4.78, 5) is 12.1. The maximum absolute atomic E-state index is 13.7. The first-order chi connectivity index (χ1) is 11.2. The molecule has 1 aromatic carbocycles. The molecule has 2 N–H and O–H groups in total. The number of aliphatic hydroxyl groups is 1. The lowest BCUT2D eigenvalue weighted by molar-refractivity contribution is 0.0934. The summed E-state index contributed by atoms with van der Waals surface area (Å²) in [6, 6.07) is 7.58. The van der Waals surface area contributed by atoms with Gasteiger partial charge >= 0.3 is 0 Å². The Labute approximate surface area is 134 Å². The van der Waals surface area contributed by atoms with E-state index in [2.05, 4.69) is 17.4 Å². The molecule has 0 saturated carbocycles. The van der Waals surface area contributed by atoms with Crippen molar-refractivity contribution in [2.24, 2.45) is 5.92 Å². The Morgan fingerprint density at radius 3 is 2.87 bits per heavy atom. The molecule has 6 heteroatoms. The van der Waals surface area contributed by atoms with Gasteiger partial charge in [-0.15, -0.1) is 0 Å². The Kier molecular flexibility index (Phi) is 6.29. The van der Waals surface area contributed by atoms with Crippen LogP contribution < -0.4 is 5.32 Å². The van der Waals surface area contributed by atoms with Gasteiger partial charge in [-0.2, -0.15) is 0 Å². The second-order valence-electron chi connectivity index (χ2n) is 5.43. The van der Waals surface area contributed by atoms with Gasteiger partial charge in [0.25, 0.3) is 5.91 Å². The first-order valence-electron chi connectivity index (χ1n) is 7.76. The quantitative estimate of drug-likeness (QED) is 0.784. The highest BCUT2D eigenvalue weighted by atomic mass is 19.1. The molecule has 0 fully saturated rings. The first kappa shape index (κ1) is 17.1. The summed E-state index contributed by atoms with van der Waals surface area (Å²) >= 11 is 0. The van der Waals surface area contributed by atoms with Crippen LogP contribution in [0.3, 0.4) is 0 Å². The summed E-state index contributed by atoms with van der Waals surface area (Å²) in [5.74, 6) is -0.349. The fraction of sp³-hybridized carbons (Fsp3) is 0.412. The molecule has 5 nitrogen and oxygen atoms in total. The van der Waals surface area contributed by atoms with E-state index in [1.54, 1.807) is 18.2 Å². The van der Waals surface area contributed by atoms with Crippen molar-refractivity contribution < 1.29 is 18.8 Å². The molecule has 1 atom stereocenters. The lowest BCUT2D eigenvalue weighted by Gasteiger charge is -2.14. The van der Waals surface area contributed by atoms with Crippen molar-refractivity contribution in [1.82, 2.24) is 10.5 Å². The Balaban J connectivity index is 2.00. The van der Waals surface area contributed by atoms with E-state index in [1.807, 2.05) is 0 Å². The number of benzene rings is 1. The van der Waals surface area contributed by atoms with Gasteiger partial charge in [-0.05, 0) is 30.9 Å². The average Bonchev–Trinajstić information content (AvgIpc) is 3.03. The van der Waals surface area contributed by atoms with Gasteiger partial charge in [0.1, 0.15) is 5.82 Å². The normalized spacial score (nSPS) is 12.1. The summed E-state index contributed by atoms with van der Waals surface area (Å²) in [6.45, 7) is 2.63. The maximum Gasteiger partial charge on any atom is 0.273 e. The fourth-order valence-electron chi connectivity index (χ4n) is 2.44. The summed E-state index contributed by atoms with van der Waals surface area (Å²) in [5.41, 5.74) is 0.380. The third-order valence-corrected chi connectivity index (χ3v) is 3.67. The van der Waals surface area contributed by atoms with Crippen molar-refractivity contribution in [2.75, 3.05) is 13.2 Å². The standard InChI is InChI=1S/C17H21FN2O3/c1-2-5-12(8-9-21)11-19-17(22)15-10-16(23-20-15)13-6-3-4-7-14(13)18/h3-4,6-7,10,12,21H,2,5,8-9,11H2,1H3,(H,19,22). The van der Waals surface area contributed by atoms with Crippen LogP contribution in [-0.2, 0) is 0 Å². The molecule has 2 rings (SSSR count). The minimum absolute atomic E-state index is 0.0991. The Morgan fingerprint density at radius 1 is 1.39 bits per heavy atom. The molecule has 0 radical (unpaired) electrons. The average molecular weight is 320 g/mol. The minimum Gasteiger partial charge on any atom is -0.396 e. The highest BCUT2D eigenvalue weighted by molar-refractivity contribution is 5.93. The molecule has 23 heavy (non-hydrogen) atoms.